The molecule has 1 N–H and O–H groups in total. The summed E-state index contributed by atoms with van der Waals surface area (Å²) in [5, 5.41) is 3.11. The Balaban J connectivity index is 1.57. The van der Waals surface area contributed by atoms with Crippen LogP contribution in [0.2, 0.25) is 0 Å². The van der Waals surface area contributed by atoms with Gasteiger partial charge in [0.05, 0.1) is 0 Å². The van der Waals surface area contributed by atoms with Gasteiger partial charge in [0.25, 0.3) is 0 Å². The van der Waals surface area contributed by atoms with Crippen molar-refractivity contribution in [3.63, 3.8) is 0 Å². The van der Waals surface area contributed by atoms with Crippen molar-refractivity contribution >= 4 is 11.8 Å². The van der Waals surface area contributed by atoms with Crippen molar-refractivity contribution in [2.75, 3.05) is 42.9 Å². The molecule has 3 rings (SSSR count). The Hall–Kier alpha value is -2.28. The Bertz CT molecular complexity index is 686. The Morgan fingerprint density at radius 3 is 2.58 bits per heavy atom. The third-order valence-electron chi connectivity index (χ3n) is 4.06. The summed E-state index contributed by atoms with van der Waals surface area (Å²) >= 11 is 0. The number of nitrogens with zero attached hydrogens (tertiary/aromatic N) is 4. The van der Waals surface area contributed by atoms with Crippen LogP contribution >= 0.6 is 0 Å². The van der Waals surface area contributed by atoms with E-state index in [2.05, 4.69) is 25.1 Å². The first-order chi connectivity index (χ1) is 11.7. The molecule has 5 nitrogen and oxygen atoms in total. The second-order valence-corrected chi connectivity index (χ2v) is 5.78. The molecular weight excluding hydrogens is 312 g/mol. The van der Waals surface area contributed by atoms with Gasteiger partial charge in [0.15, 0.2) is 11.6 Å². The van der Waals surface area contributed by atoms with E-state index in [1.807, 2.05) is 13.0 Å². The molecule has 1 aromatic heterocycles. The number of anilines is 2. The van der Waals surface area contributed by atoms with Crippen LogP contribution in [-0.2, 0) is 6.54 Å². The maximum absolute atomic E-state index is 13.3. The highest BCUT2D eigenvalue weighted by atomic mass is 19.2. The highest BCUT2D eigenvalue weighted by molar-refractivity contribution is 5.42. The number of benzene rings is 1. The molecule has 0 aliphatic carbocycles. The minimum atomic E-state index is -0.802. The van der Waals surface area contributed by atoms with Gasteiger partial charge in [-0.05, 0) is 30.7 Å². The molecule has 7 heteroatoms. The average Bonchev–Trinajstić information content (AvgIpc) is 2.59. The van der Waals surface area contributed by atoms with E-state index in [1.54, 1.807) is 12.3 Å². The smallest absolute Gasteiger partial charge is 0.224 e. The monoisotopic (exact) mass is 333 g/mol. The van der Waals surface area contributed by atoms with Gasteiger partial charge in [-0.25, -0.2) is 13.8 Å². The van der Waals surface area contributed by atoms with E-state index < -0.39 is 11.6 Å². The average molecular weight is 333 g/mol. The Kier molecular flexibility index (Phi) is 5.20. The molecule has 0 saturated carbocycles. The number of hydrogen-bond acceptors (Lipinski definition) is 5. The largest absolute Gasteiger partial charge is 0.354 e. The van der Waals surface area contributed by atoms with Crippen LogP contribution in [0.3, 0.4) is 0 Å². The summed E-state index contributed by atoms with van der Waals surface area (Å²) in [5.41, 5.74) is 0.791. The number of aromatic nitrogens is 2. The fourth-order valence-electron chi connectivity index (χ4n) is 2.80. The van der Waals surface area contributed by atoms with Crippen molar-refractivity contribution in [3.8, 4) is 0 Å². The summed E-state index contributed by atoms with van der Waals surface area (Å²) in [6.45, 7) is 6.79. The van der Waals surface area contributed by atoms with Crippen molar-refractivity contribution in [1.29, 1.82) is 0 Å². The van der Waals surface area contributed by atoms with E-state index in [9.17, 15) is 8.78 Å². The maximum atomic E-state index is 13.3. The van der Waals surface area contributed by atoms with E-state index in [0.29, 0.717) is 12.5 Å². The second kappa shape index (κ2) is 7.53. The molecule has 0 radical (unpaired) electrons. The van der Waals surface area contributed by atoms with Crippen LogP contribution in [0, 0.1) is 11.6 Å². The molecule has 1 aliphatic heterocycles. The van der Waals surface area contributed by atoms with Gasteiger partial charge in [-0.15, -0.1) is 0 Å². The molecule has 1 aromatic carbocycles. The molecule has 0 bridgehead atoms. The number of halogens is 2. The van der Waals surface area contributed by atoms with E-state index in [4.69, 9.17) is 0 Å². The molecule has 128 valence electrons. The van der Waals surface area contributed by atoms with Gasteiger partial charge in [0, 0.05) is 45.5 Å². The quantitative estimate of drug-likeness (QED) is 0.911. The Labute approximate surface area is 140 Å². The zero-order valence-electron chi connectivity index (χ0n) is 13.7. The van der Waals surface area contributed by atoms with Crippen molar-refractivity contribution in [2.45, 2.75) is 13.5 Å². The fraction of sp³-hybridized carbons (Fsp3) is 0.412. The minimum Gasteiger partial charge on any atom is -0.354 e. The third-order valence-corrected chi connectivity index (χ3v) is 4.06. The standard InChI is InChI=1S/C17H21F2N5/c1-2-20-17-21-6-5-16(22-17)24-9-7-23(8-10-24)12-13-3-4-14(18)15(19)11-13/h3-6,11H,2,7-10,12H2,1H3,(H,20,21,22). The highest BCUT2D eigenvalue weighted by Gasteiger charge is 2.19. The van der Waals surface area contributed by atoms with E-state index in [-0.39, 0.29) is 0 Å². The van der Waals surface area contributed by atoms with Crippen LogP contribution < -0.4 is 10.2 Å². The van der Waals surface area contributed by atoms with Crippen LogP contribution in [0.25, 0.3) is 0 Å². The normalized spacial score (nSPS) is 15.5. The second-order valence-electron chi connectivity index (χ2n) is 5.78. The molecule has 24 heavy (non-hydrogen) atoms. The third kappa shape index (κ3) is 3.97. The van der Waals surface area contributed by atoms with Gasteiger partial charge in [-0.1, -0.05) is 6.07 Å². The fourth-order valence-corrected chi connectivity index (χ4v) is 2.80. The summed E-state index contributed by atoms with van der Waals surface area (Å²) in [6, 6.07) is 6.00. The molecule has 2 heterocycles. The maximum Gasteiger partial charge on any atom is 0.224 e. The molecular formula is C17H21F2N5. The molecule has 0 spiro atoms. The number of rotatable bonds is 5. The van der Waals surface area contributed by atoms with Crippen LogP contribution in [0.15, 0.2) is 30.5 Å². The molecule has 0 atom stereocenters. The van der Waals surface area contributed by atoms with Crippen LogP contribution in [0.1, 0.15) is 12.5 Å². The van der Waals surface area contributed by atoms with Gasteiger partial charge in [0.1, 0.15) is 5.82 Å². The zero-order chi connectivity index (χ0) is 16.9. The SMILES string of the molecule is CCNc1nccc(N2CCN(Cc3ccc(F)c(F)c3)CC2)n1. The van der Waals surface area contributed by atoms with Gasteiger partial charge < -0.3 is 10.2 Å². The van der Waals surface area contributed by atoms with Gasteiger partial charge >= 0.3 is 0 Å². The van der Waals surface area contributed by atoms with Crippen LogP contribution in [0.5, 0.6) is 0 Å². The predicted molar refractivity (Wildman–Crippen MR) is 90.0 cm³/mol. The molecule has 1 aliphatic rings. The summed E-state index contributed by atoms with van der Waals surface area (Å²) in [4.78, 5) is 13.1. The lowest BCUT2D eigenvalue weighted by atomic mass is 10.2. The molecule has 1 fully saturated rings. The molecule has 0 unspecified atom stereocenters. The van der Waals surface area contributed by atoms with E-state index in [1.165, 1.54) is 12.1 Å². The van der Waals surface area contributed by atoms with Crippen LogP contribution in [0.4, 0.5) is 20.5 Å². The van der Waals surface area contributed by atoms with E-state index in [0.717, 1.165) is 44.1 Å². The van der Waals surface area contributed by atoms with Gasteiger partial charge in [-0.3, -0.25) is 4.90 Å². The van der Waals surface area contributed by atoms with Gasteiger partial charge in [0.2, 0.25) is 5.95 Å². The first kappa shape index (κ1) is 16.6. The molecule has 0 amide bonds. The molecule has 1 saturated heterocycles. The zero-order valence-corrected chi connectivity index (χ0v) is 13.7. The molecule has 2 aromatic rings. The Morgan fingerprint density at radius 2 is 1.88 bits per heavy atom. The summed E-state index contributed by atoms with van der Waals surface area (Å²) in [5.74, 6) is -0.0421. The number of nitrogens with one attached hydrogen (secondary N) is 1. The topological polar surface area (TPSA) is 44.3 Å². The highest BCUT2D eigenvalue weighted by Crippen LogP contribution is 2.17. The van der Waals surface area contributed by atoms with Gasteiger partial charge in [-0.2, -0.15) is 4.98 Å². The number of piperazine rings is 1. The summed E-state index contributed by atoms with van der Waals surface area (Å²) in [7, 11) is 0. The summed E-state index contributed by atoms with van der Waals surface area (Å²) < 4.78 is 26.3. The lowest BCUT2D eigenvalue weighted by Gasteiger charge is -2.35. The predicted octanol–water partition coefficient (Wildman–Crippen LogP) is 2.51. The first-order valence-electron chi connectivity index (χ1n) is 8.14. The van der Waals surface area contributed by atoms with Crippen molar-refractivity contribution in [3.05, 3.63) is 47.7 Å². The first-order valence-corrected chi connectivity index (χ1v) is 8.14. The number of hydrogen-bond donors (Lipinski definition) is 1. The lowest BCUT2D eigenvalue weighted by Crippen LogP contribution is -2.46. The van der Waals surface area contributed by atoms with E-state index >= 15 is 0 Å². The summed E-state index contributed by atoms with van der Waals surface area (Å²) in [6.07, 6.45) is 1.76. The lowest BCUT2D eigenvalue weighted by molar-refractivity contribution is 0.249. The van der Waals surface area contributed by atoms with Crippen molar-refractivity contribution in [2.24, 2.45) is 0 Å². The van der Waals surface area contributed by atoms with Crippen molar-refractivity contribution in [1.82, 2.24) is 14.9 Å². The van der Waals surface area contributed by atoms with Crippen LogP contribution in [-0.4, -0.2) is 47.6 Å². The minimum absolute atomic E-state index is 0.622. The Morgan fingerprint density at radius 1 is 1.08 bits per heavy atom. The van der Waals surface area contributed by atoms with Crippen molar-refractivity contribution < 1.29 is 8.78 Å².